The van der Waals surface area contributed by atoms with Crippen LogP contribution in [-0.2, 0) is 4.79 Å². The summed E-state index contributed by atoms with van der Waals surface area (Å²) >= 11 is 0. The number of methoxy groups -OCH3 is 2. The minimum Gasteiger partial charge on any atom is -0.497 e. The van der Waals surface area contributed by atoms with Crippen molar-refractivity contribution in [2.24, 2.45) is 0 Å². The first kappa shape index (κ1) is 18.6. The highest BCUT2D eigenvalue weighted by Crippen LogP contribution is 2.29. The van der Waals surface area contributed by atoms with Gasteiger partial charge < -0.3 is 24.6 Å². The molecule has 0 fully saturated rings. The summed E-state index contributed by atoms with van der Waals surface area (Å²) in [7, 11) is 3.08. The summed E-state index contributed by atoms with van der Waals surface area (Å²) in [6.07, 6.45) is 0.159. The second kappa shape index (κ2) is 8.94. The van der Waals surface area contributed by atoms with Crippen molar-refractivity contribution in [3.05, 3.63) is 48.0 Å². The van der Waals surface area contributed by atoms with Gasteiger partial charge >= 0.3 is 0 Å². The molecule has 1 unspecified atom stereocenters. The van der Waals surface area contributed by atoms with E-state index in [0.29, 0.717) is 29.4 Å². The lowest BCUT2D eigenvalue weighted by molar-refractivity contribution is -0.118. The molecule has 6 nitrogen and oxygen atoms in total. The number of ether oxygens (including phenoxy) is 3. The van der Waals surface area contributed by atoms with E-state index in [1.54, 1.807) is 49.6 Å². The van der Waals surface area contributed by atoms with Crippen molar-refractivity contribution in [3.63, 3.8) is 0 Å². The average Bonchev–Trinajstić information content (AvgIpc) is 2.66. The molecule has 0 saturated carbocycles. The van der Waals surface area contributed by atoms with Gasteiger partial charge in [-0.1, -0.05) is 19.1 Å². The van der Waals surface area contributed by atoms with Crippen molar-refractivity contribution in [3.8, 4) is 17.2 Å². The molecule has 25 heavy (non-hydrogen) atoms. The number of carbonyl (C=O) groups excluding carboxylic acids is 1. The maximum absolute atomic E-state index is 12.1. The summed E-state index contributed by atoms with van der Waals surface area (Å²) in [6, 6.07) is 12.2. The Morgan fingerprint density at radius 1 is 1.08 bits per heavy atom. The molecule has 0 bridgehead atoms. The monoisotopic (exact) mass is 345 g/mol. The summed E-state index contributed by atoms with van der Waals surface area (Å²) in [4.78, 5) is 12.1. The SMILES string of the molecule is CCC(O)c1ccc(OCC(=O)Nc2ccc(OC)cc2OC)cc1. The summed E-state index contributed by atoms with van der Waals surface area (Å²) in [5, 5.41) is 12.5. The fraction of sp³-hybridized carbons (Fsp3) is 0.316. The highest BCUT2D eigenvalue weighted by atomic mass is 16.5. The Hall–Kier alpha value is -2.73. The van der Waals surface area contributed by atoms with Crippen LogP contribution in [0.2, 0.25) is 0 Å². The van der Waals surface area contributed by atoms with Crippen LogP contribution in [0, 0.1) is 0 Å². The summed E-state index contributed by atoms with van der Waals surface area (Å²) in [5.74, 6) is 1.40. The minimum absolute atomic E-state index is 0.134. The number of carbonyl (C=O) groups is 1. The molecule has 2 aromatic carbocycles. The zero-order valence-corrected chi connectivity index (χ0v) is 14.6. The number of hydrogen-bond acceptors (Lipinski definition) is 5. The molecule has 0 heterocycles. The summed E-state index contributed by atoms with van der Waals surface area (Å²) < 4.78 is 15.8. The molecule has 0 aliphatic carbocycles. The average molecular weight is 345 g/mol. The molecule has 0 aromatic heterocycles. The van der Waals surface area contributed by atoms with Crippen molar-refractivity contribution < 1.29 is 24.1 Å². The number of nitrogens with one attached hydrogen (secondary N) is 1. The number of amides is 1. The van der Waals surface area contributed by atoms with Crippen molar-refractivity contribution in [2.45, 2.75) is 19.4 Å². The van der Waals surface area contributed by atoms with E-state index in [0.717, 1.165) is 5.56 Å². The Balaban J connectivity index is 1.92. The third kappa shape index (κ3) is 5.12. The number of aliphatic hydroxyl groups excluding tert-OH is 1. The highest BCUT2D eigenvalue weighted by molar-refractivity contribution is 5.93. The number of aliphatic hydroxyl groups is 1. The molecule has 134 valence electrons. The topological polar surface area (TPSA) is 77.0 Å². The van der Waals surface area contributed by atoms with Crippen molar-refractivity contribution in [1.82, 2.24) is 0 Å². The molecule has 0 spiro atoms. The van der Waals surface area contributed by atoms with Gasteiger partial charge in [-0.15, -0.1) is 0 Å². The van der Waals surface area contributed by atoms with Gasteiger partial charge in [0.2, 0.25) is 0 Å². The first-order valence-corrected chi connectivity index (χ1v) is 8.00. The van der Waals surface area contributed by atoms with Crippen molar-refractivity contribution in [2.75, 3.05) is 26.1 Å². The van der Waals surface area contributed by atoms with Gasteiger partial charge in [-0.05, 0) is 36.2 Å². The van der Waals surface area contributed by atoms with E-state index < -0.39 is 6.10 Å². The molecule has 0 aliphatic heterocycles. The van der Waals surface area contributed by atoms with Gasteiger partial charge in [0.15, 0.2) is 6.61 Å². The quantitative estimate of drug-likeness (QED) is 0.768. The van der Waals surface area contributed by atoms with Crippen LogP contribution >= 0.6 is 0 Å². The standard InChI is InChI=1S/C19H23NO5/c1-4-17(21)13-5-7-14(8-6-13)25-12-19(22)20-16-10-9-15(23-2)11-18(16)24-3/h5-11,17,21H,4,12H2,1-3H3,(H,20,22). The van der Waals surface area contributed by atoms with E-state index in [1.807, 2.05) is 6.92 Å². The summed E-state index contributed by atoms with van der Waals surface area (Å²) in [6.45, 7) is 1.78. The summed E-state index contributed by atoms with van der Waals surface area (Å²) in [5.41, 5.74) is 1.36. The van der Waals surface area contributed by atoms with Crippen LogP contribution in [0.15, 0.2) is 42.5 Å². The van der Waals surface area contributed by atoms with E-state index in [1.165, 1.54) is 7.11 Å². The van der Waals surface area contributed by atoms with E-state index in [2.05, 4.69) is 5.32 Å². The van der Waals surface area contributed by atoms with Crippen LogP contribution in [0.25, 0.3) is 0 Å². The van der Waals surface area contributed by atoms with Gasteiger partial charge in [0.25, 0.3) is 5.91 Å². The third-order valence-corrected chi connectivity index (χ3v) is 3.70. The first-order chi connectivity index (χ1) is 12.1. The second-order valence-corrected chi connectivity index (χ2v) is 5.40. The van der Waals surface area contributed by atoms with Crippen LogP contribution in [0.3, 0.4) is 0 Å². The molecular weight excluding hydrogens is 322 g/mol. The van der Waals surface area contributed by atoms with Crippen LogP contribution in [0.5, 0.6) is 17.2 Å². The third-order valence-electron chi connectivity index (χ3n) is 3.70. The fourth-order valence-corrected chi connectivity index (χ4v) is 2.26. The lowest BCUT2D eigenvalue weighted by Crippen LogP contribution is -2.20. The van der Waals surface area contributed by atoms with Crippen LogP contribution in [-0.4, -0.2) is 31.8 Å². The zero-order valence-electron chi connectivity index (χ0n) is 14.6. The normalized spacial score (nSPS) is 11.5. The predicted octanol–water partition coefficient (Wildman–Crippen LogP) is 3.16. The Morgan fingerprint density at radius 2 is 1.76 bits per heavy atom. The smallest absolute Gasteiger partial charge is 0.262 e. The van der Waals surface area contributed by atoms with E-state index in [9.17, 15) is 9.90 Å². The molecule has 0 aliphatic rings. The molecule has 0 saturated heterocycles. The Morgan fingerprint density at radius 3 is 2.36 bits per heavy atom. The molecule has 2 N–H and O–H groups in total. The van der Waals surface area contributed by atoms with Gasteiger partial charge in [-0.25, -0.2) is 0 Å². The van der Waals surface area contributed by atoms with Crippen molar-refractivity contribution >= 4 is 11.6 Å². The van der Waals surface area contributed by atoms with Gasteiger partial charge in [-0.2, -0.15) is 0 Å². The molecule has 1 atom stereocenters. The van der Waals surface area contributed by atoms with E-state index in [-0.39, 0.29) is 12.5 Å². The maximum atomic E-state index is 12.1. The Kier molecular flexibility index (Phi) is 6.65. The van der Waals surface area contributed by atoms with Gasteiger partial charge in [0.1, 0.15) is 17.2 Å². The number of anilines is 1. The Labute approximate surface area is 147 Å². The van der Waals surface area contributed by atoms with Crippen molar-refractivity contribution in [1.29, 1.82) is 0 Å². The van der Waals surface area contributed by atoms with Gasteiger partial charge in [0, 0.05) is 6.07 Å². The first-order valence-electron chi connectivity index (χ1n) is 8.00. The molecule has 2 rings (SSSR count). The molecule has 6 heteroatoms. The Bertz CT molecular complexity index is 699. The van der Waals surface area contributed by atoms with Crippen LogP contribution in [0.1, 0.15) is 25.0 Å². The minimum atomic E-state index is -0.486. The van der Waals surface area contributed by atoms with Crippen LogP contribution in [0.4, 0.5) is 5.69 Å². The number of benzene rings is 2. The largest absolute Gasteiger partial charge is 0.497 e. The number of rotatable bonds is 8. The maximum Gasteiger partial charge on any atom is 0.262 e. The molecule has 0 radical (unpaired) electrons. The lowest BCUT2D eigenvalue weighted by Gasteiger charge is -2.12. The molecule has 2 aromatic rings. The van der Waals surface area contributed by atoms with Gasteiger partial charge in [0.05, 0.1) is 26.0 Å². The fourth-order valence-electron chi connectivity index (χ4n) is 2.26. The lowest BCUT2D eigenvalue weighted by atomic mass is 10.1. The number of hydrogen-bond donors (Lipinski definition) is 2. The highest BCUT2D eigenvalue weighted by Gasteiger charge is 2.10. The molecular formula is C19H23NO5. The zero-order chi connectivity index (χ0) is 18.2. The predicted molar refractivity (Wildman–Crippen MR) is 95.4 cm³/mol. The van der Waals surface area contributed by atoms with E-state index in [4.69, 9.17) is 14.2 Å². The second-order valence-electron chi connectivity index (χ2n) is 5.40. The van der Waals surface area contributed by atoms with Crippen LogP contribution < -0.4 is 19.5 Å². The van der Waals surface area contributed by atoms with Gasteiger partial charge in [-0.3, -0.25) is 4.79 Å². The van der Waals surface area contributed by atoms with E-state index >= 15 is 0 Å². The molecule has 1 amide bonds.